The summed E-state index contributed by atoms with van der Waals surface area (Å²) in [5.41, 5.74) is 7.32. The van der Waals surface area contributed by atoms with Crippen LogP contribution < -0.4 is 0 Å². The number of benzene rings is 1. The molecule has 0 N–H and O–H groups in total. The zero-order valence-corrected chi connectivity index (χ0v) is 14.8. The standard InChI is InChI=1S/C19H21N3.ClH/c1-13-5-6-17(9-14(13)2)18-10-19(15(3)21-11-18)12-22-8-7-20-16(22)4;/h5-11H,12H2,1-4H3;1H. The van der Waals surface area contributed by atoms with Crippen molar-refractivity contribution in [3.8, 4) is 11.1 Å². The predicted molar refractivity (Wildman–Crippen MR) is 97.2 cm³/mol. The Morgan fingerprint density at radius 1 is 0.913 bits per heavy atom. The van der Waals surface area contributed by atoms with E-state index < -0.39 is 0 Å². The lowest BCUT2D eigenvalue weighted by atomic mass is 10.00. The third-order valence-corrected chi connectivity index (χ3v) is 4.30. The largest absolute Gasteiger partial charge is 0.331 e. The van der Waals surface area contributed by atoms with Crippen LogP contribution in [0.15, 0.2) is 42.9 Å². The summed E-state index contributed by atoms with van der Waals surface area (Å²) in [4.78, 5) is 8.87. The molecule has 3 nitrogen and oxygen atoms in total. The van der Waals surface area contributed by atoms with Crippen molar-refractivity contribution in [3.63, 3.8) is 0 Å². The minimum atomic E-state index is 0. The Kier molecular flexibility index (Phi) is 5.22. The van der Waals surface area contributed by atoms with E-state index in [1.54, 1.807) is 0 Å². The van der Waals surface area contributed by atoms with Gasteiger partial charge in [-0.3, -0.25) is 4.98 Å². The molecule has 120 valence electrons. The van der Waals surface area contributed by atoms with Crippen LogP contribution in [0.1, 0.15) is 28.2 Å². The molecule has 23 heavy (non-hydrogen) atoms. The topological polar surface area (TPSA) is 30.7 Å². The van der Waals surface area contributed by atoms with E-state index in [0.29, 0.717) is 0 Å². The molecule has 0 fully saturated rings. The zero-order chi connectivity index (χ0) is 15.7. The monoisotopic (exact) mass is 327 g/mol. The second kappa shape index (κ2) is 6.97. The maximum Gasteiger partial charge on any atom is 0.105 e. The highest BCUT2D eigenvalue weighted by molar-refractivity contribution is 5.85. The van der Waals surface area contributed by atoms with Crippen molar-refractivity contribution in [3.05, 3.63) is 71.1 Å². The SMILES string of the molecule is Cc1ccc(-c2cnc(C)c(Cn3ccnc3C)c2)cc1C.Cl. The molecule has 4 heteroatoms. The summed E-state index contributed by atoms with van der Waals surface area (Å²) in [6.45, 7) is 9.18. The van der Waals surface area contributed by atoms with Crippen LogP contribution in [0.25, 0.3) is 11.1 Å². The Bertz CT molecular complexity index is 821. The number of hydrogen-bond donors (Lipinski definition) is 0. The molecule has 0 radical (unpaired) electrons. The van der Waals surface area contributed by atoms with E-state index >= 15 is 0 Å². The molecule has 0 atom stereocenters. The van der Waals surface area contributed by atoms with Crippen molar-refractivity contribution in [2.45, 2.75) is 34.2 Å². The van der Waals surface area contributed by atoms with Crippen molar-refractivity contribution >= 4 is 12.4 Å². The van der Waals surface area contributed by atoms with Crippen molar-refractivity contribution in [1.29, 1.82) is 0 Å². The van der Waals surface area contributed by atoms with Crippen molar-refractivity contribution in [2.75, 3.05) is 0 Å². The molecule has 0 aliphatic heterocycles. The lowest BCUT2D eigenvalue weighted by Gasteiger charge is -2.11. The molecule has 0 saturated carbocycles. The van der Waals surface area contributed by atoms with E-state index in [4.69, 9.17) is 0 Å². The number of rotatable bonds is 3. The summed E-state index contributed by atoms with van der Waals surface area (Å²) in [5.74, 6) is 1.02. The molecule has 3 aromatic rings. The second-order valence-electron chi connectivity index (χ2n) is 5.87. The quantitative estimate of drug-likeness (QED) is 0.701. The summed E-state index contributed by atoms with van der Waals surface area (Å²) in [6.07, 6.45) is 5.81. The number of hydrogen-bond acceptors (Lipinski definition) is 2. The van der Waals surface area contributed by atoms with E-state index in [9.17, 15) is 0 Å². The minimum absolute atomic E-state index is 0. The summed E-state index contributed by atoms with van der Waals surface area (Å²) in [7, 11) is 0. The lowest BCUT2D eigenvalue weighted by Crippen LogP contribution is -2.04. The van der Waals surface area contributed by atoms with E-state index in [1.807, 2.05) is 25.5 Å². The van der Waals surface area contributed by atoms with Gasteiger partial charge in [0, 0.05) is 29.8 Å². The molecule has 0 aliphatic carbocycles. The average molecular weight is 328 g/mol. The molecule has 0 aliphatic rings. The van der Waals surface area contributed by atoms with Crippen LogP contribution in [0.2, 0.25) is 0 Å². The fourth-order valence-electron chi connectivity index (χ4n) is 2.57. The van der Waals surface area contributed by atoms with Gasteiger partial charge in [0.15, 0.2) is 0 Å². The van der Waals surface area contributed by atoms with Crippen molar-refractivity contribution < 1.29 is 0 Å². The highest BCUT2D eigenvalue weighted by atomic mass is 35.5. The molecular formula is C19H22ClN3. The Labute approximate surface area is 143 Å². The highest BCUT2D eigenvalue weighted by Crippen LogP contribution is 2.24. The number of aromatic nitrogens is 3. The Hall–Kier alpha value is -2.13. The van der Waals surface area contributed by atoms with Crippen LogP contribution in [-0.2, 0) is 6.54 Å². The lowest BCUT2D eigenvalue weighted by molar-refractivity contribution is 0.753. The smallest absolute Gasteiger partial charge is 0.105 e. The van der Waals surface area contributed by atoms with Gasteiger partial charge in [-0.05, 0) is 56.0 Å². The Balaban J connectivity index is 0.00000192. The maximum atomic E-state index is 4.58. The molecule has 0 amide bonds. The van der Waals surface area contributed by atoms with Crippen LogP contribution >= 0.6 is 12.4 Å². The molecule has 0 bridgehead atoms. The molecule has 0 spiro atoms. The van der Waals surface area contributed by atoms with Gasteiger partial charge in [-0.25, -0.2) is 4.98 Å². The Morgan fingerprint density at radius 2 is 1.70 bits per heavy atom. The second-order valence-corrected chi connectivity index (χ2v) is 5.87. The first-order chi connectivity index (χ1) is 10.5. The molecule has 1 aromatic carbocycles. The highest BCUT2D eigenvalue weighted by Gasteiger charge is 2.07. The molecule has 0 unspecified atom stereocenters. The van der Waals surface area contributed by atoms with Gasteiger partial charge in [0.1, 0.15) is 5.82 Å². The number of imidazole rings is 1. The molecule has 0 saturated heterocycles. The molecule has 2 heterocycles. The van der Waals surface area contributed by atoms with E-state index in [1.165, 1.54) is 27.8 Å². The summed E-state index contributed by atoms with van der Waals surface area (Å²) in [6, 6.07) is 8.81. The van der Waals surface area contributed by atoms with Gasteiger partial charge in [-0.1, -0.05) is 18.2 Å². The maximum absolute atomic E-state index is 4.58. The number of halogens is 1. The van der Waals surface area contributed by atoms with E-state index in [2.05, 4.69) is 59.6 Å². The zero-order valence-electron chi connectivity index (χ0n) is 14.0. The fraction of sp³-hybridized carbons (Fsp3) is 0.263. The van der Waals surface area contributed by atoms with Gasteiger partial charge in [0.2, 0.25) is 0 Å². The van der Waals surface area contributed by atoms with Gasteiger partial charge in [-0.15, -0.1) is 12.4 Å². The van der Waals surface area contributed by atoms with Crippen LogP contribution in [0, 0.1) is 27.7 Å². The third-order valence-electron chi connectivity index (χ3n) is 4.30. The van der Waals surface area contributed by atoms with E-state index in [-0.39, 0.29) is 12.4 Å². The van der Waals surface area contributed by atoms with Crippen LogP contribution in [0.3, 0.4) is 0 Å². The van der Waals surface area contributed by atoms with Gasteiger partial charge in [0.05, 0.1) is 6.54 Å². The molecule has 2 aromatic heterocycles. The summed E-state index contributed by atoms with van der Waals surface area (Å²) < 4.78 is 2.15. The average Bonchev–Trinajstić information content (AvgIpc) is 2.90. The first kappa shape index (κ1) is 17.2. The summed E-state index contributed by atoms with van der Waals surface area (Å²) >= 11 is 0. The van der Waals surface area contributed by atoms with Crippen LogP contribution in [0.4, 0.5) is 0 Å². The minimum Gasteiger partial charge on any atom is -0.331 e. The van der Waals surface area contributed by atoms with Crippen LogP contribution in [-0.4, -0.2) is 14.5 Å². The van der Waals surface area contributed by atoms with E-state index in [0.717, 1.165) is 18.1 Å². The predicted octanol–water partition coefficient (Wildman–Crippen LogP) is 4.65. The number of aryl methyl sites for hydroxylation is 4. The van der Waals surface area contributed by atoms with Gasteiger partial charge in [-0.2, -0.15) is 0 Å². The normalized spacial score (nSPS) is 10.4. The fourth-order valence-corrected chi connectivity index (χ4v) is 2.57. The van der Waals surface area contributed by atoms with Crippen molar-refractivity contribution in [1.82, 2.24) is 14.5 Å². The number of pyridine rings is 1. The molecular weight excluding hydrogens is 306 g/mol. The van der Waals surface area contributed by atoms with Crippen LogP contribution in [0.5, 0.6) is 0 Å². The van der Waals surface area contributed by atoms with Crippen molar-refractivity contribution in [2.24, 2.45) is 0 Å². The van der Waals surface area contributed by atoms with Gasteiger partial charge >= 0.3 is 0 Å². The third kappa shape index (κ3) is 3.62. The van der Waals surface area contributed by atoms with Gasteiger partial charge < -0.3 is 4.57 Å². The number of nitrogens with zero attached hydrogens (tertiary/aromatic N) is 3. The molecule has 3 rings (SSSR count). The van der Waals surface area contributed by atoms with Gasteiger partial charge in [0.25, 0.3) is 0 Å². The Morgan fingerprint density at radius 3 is 2.35 bits per heavy atom. The first-order valence-corrected chi connectivity index (χ1v) is 7.55. The first-order valence-electron chi connectivity index (χ1n) is 7.55. The summed E-state index contributed by atoms with van der Waals surface area (Å²) in [5, 5.41) is 0.